The Bertz CT molecular complexity index is 1050. The first-order chi connectivity index (χ1) is 14.5. The van der Waals surface area contributed by atoms with Crippen molar-refractivity contribution >= 4 is 23.6 Å². The first-order valence-corrected chi connectivity index (χ1v) is 10.4. The Morgan fingerprint density at radius 3 is 2.29 bits per heavy atom. The molecule has 6 heteroatoms. The molecule has 1 aromatic heterocycles. The fourth-order valence-corrected chi connectivity index (χ4v) is 3.67. The average molecular weight is 422 g/mol. The van der Waals surface area contributed by atoms with Crippen LogP contribution in [0.1, 0.15) is 47.5 Å². The normalized spacial score (nSPS) is 11.4. The number of carbonyl (C=O) groups excluding carboxylic acids is 2. The van der Waals surface area contributed by atoms with Crippen LogP contribution in [0.25, 0.3) is 6.08 Å². The molecule has 0 saturated heterocycles. The lowest BCUT2D eigenvalue weighted by Gasteiger charge is -2.13. The molecule has 1 N–H and O–H groups in total. The van der Waals surface area contributed by atoms with E-state index in [1.807, 2.05) is 58.9 Å². The van der Waals surface area contributed by atoms with E-state index in [0.717, 1.165) is 40.2 Å². The zero-order valence-corrected chi connectivity index (χ0v) is 19.4. The molecule has 2 rings (SSSR count). The van der Waals surface area contributed by atoms with Gasteiger partial charge in [-0.1, -0.05) is 31.5 Å². The quantitative estimate of drug-likeness (QED) is 0.396. The molecule has 1 amide bonds. The molecule has 0 atom stereocenters. The largest absolute Gasteiger partial charge is 0.451 e. The molecule has 0 radical (unpaired) electrons. The number of ether oxygens (including phenoxy) is 1. The molecule has 1 heterocycles. The number of aromatic nitrogens is 1. The van der Waals surface area contributed by atoms with Crippen molar-refractivity contribution in [2.24, 2.45) is 5.92 Å². The van der Waals surface area contributed by atoms with Gasteiger partial charge in [-0.3, -0.25) is 4.79 Å². The number of nitriles is 1. The minimum Gasteiger partial charge on any atom is -0.451 e. The third-order valence-electron chi connectivity index (χ3n) is 5.08. The van der Waals surface area contributed by atoms with E-state index in [0.29, 0.717) is 11.6 Å². The number of carbonyl (C=O) groups is 2. The van der Waals surface area contributed by atoms with Crippen molar-refractivity contribution in [3.63, 3.8) is 0 Å². The van der Waals surface area contributed by atoms with E-state index in [2.05, 4.69) is 23.7 Å². The number of esters is 1. The van der Waals surface area contributed by atoms with Gasteiger partial charge in [0, 0.05) is 23.6 Å². The van der Waals surface area contributed by atoms with Crippen molar-refractivity contribution in [2.75, 3.05) is 11.9 Å². The van der Waals surface area contributed by atoms with Gasteiger partial charge in [0.05, 0.1) is 0 Å². The van der Waals surface area contributed by atoms with Crippen LogP contribution >= 0.6 is 0 Å². The number of nitrogens with one attached hydrogen (secondary N) is 1. The number of aryl methyl sites for hydroxylation is 4. The van der Waals surface area contributed by atoms with E-state index in [9.17, 15) is 14.9 Å². The smallest absolute Gasteiger partial charge is 0.349 e. The summed E-state index contributed by atoms with van der Waals surface area (Å²) in [6, 6.07) is 7.78. The molecule has 31 heavy (non-hydrogen) atoms. The number of hydrogen-bond donors (Lipinski definition) is 1. The first kappa shape index (κ1) is 23.9. The summed E-state index contributed by atoms with van der Waals surface area (Å²) in [6.07, 6.45) is 1.52. The molecule has 2 aromatic rings. The van der Waals surface area contributed by atoms with Crippen LogP contribution < -0.4 is 5.32 Å². The van der Waals surface area contributed by atoms with Gasteiger partial charge >= 0.3 is 5.97 Å². The van der Waals surface area contributed by atoms with Gasteiger partial charge in [-0.2, -0.15) is 5.26 Å². The third-order valence-corrected chi connectivity index (χ3v) is 5.08. The SMILES string of the molecule is Cc1cc(C)c(NC(=O)COC(=O)/C(C#N)=C/c2cc(C)n(CC(C)C)c2C)c(C)c1. The standard InChI is InChI=1S/C25H31N3O3/c1-15(2)13-28-19(6)10-21(20(28)7)11-22(12-26)25(30)31-14-23(29)27-24-17(4)8-16(3)9-18(24)5/h8-11,15H,13-14H2,1-7H3,(H,27,29)/b22-11+. The van der Waals surface area contributed by atoms with Crippen molar-refractivity contribution in [3.8, 4) is 6.07 Å². The summed E-state index contributed by atoms with van der Waals surface area (Å²) in [7, 11) is 0. The van der Waals surface area contributed by atoms with Crippen molar-refractivity contribution < 1.29 is 14.3 Å². The molecule has 1 aromatic carbocycles. The van der Waals surface area contributed by atoms with Crippen molar-refractivity contribution in [1.82, 2.24) is 4.57 Å². The molecule has 0 aliphatic carbocycles. The minimum absolute atomic E-state index is 0.139. The number of hydrogen-bond acceptors (Lipinski definition) is 4. The molecular weight excluding hydrogens is 390 g/mol. The van der Waals surface area contributed by atoms with E-state index >= 15 is 0 Å². The van der Waals surface area contributed by atoms with Crippen LogP contribution in [0.15, 0.2) is 23.8 Å². The molecule has 0 spiro atoms. The molecule has 0 bridgehead atoms. The Morgan fingerprint density at radius 2 is 1.74 bits per heavy atom. The lowest BCUT2D eigenvalue weighted by Crippen LogP contribution is -2.22. The lowest BCUT2D eigenvalue weighted by molar-refractivity contribution is -0.142. The van der Waals surface area contributed by atoms with Crippen LogP contribution in [0.5, 0.6) is 0 Å². The number of rotatable bonds is 7. The van der Waals surface area contributed by atoms with E-state index in [1.54, 1.807) is 0 Å². The van der Waals surface area contributed by atoms with Gasteiger partial charge < -0.3 is 14.6 Å². The molecule has 0 aliphatic heterocycles. The fourth-order valence-electron chi connectivity index (χ4n) is 3.67. The molecule has 164 valence electrons. The summed E-state index contributed by atoms with van der Waals surface area (Å²) >= 11 is 0. The second kappa shape index (κ2) is 10.1. The Labute approximate surface area is 184 Å². The van der Waals surface area contributed by atoms with E-state index in [4.69, 9.17) is 4.74 Å². The highest BCUT2D eigenvalue weighted by Gasteiger charge is 2.16. The summed E-state index contributed by atoms with van der Waals surface area (Å²) in [4.78, 5) is 24.7. The minimum atomic E-state index is -0.816. The number of nitrogens with zero attached hydrogens (tertiary/aromatic N) is 2. The van der Waals surface area contributed by atoms with Crippen LogP contribution in [0.4, 0.5) is 5.69 Å². The highest BCUT2D eigenvalue weighted by molar-refractivity contribution is 6.00. The Morgan fingerprint density at radius 1 is 1.13 bits per heavy atom. The summed E-state index contributed by atoms with van der Waals surface area (Å²) in [5, 5.41) is 12.2. The van der Waals surface area contributed by atoms with Gasteiger partial charge in [0.2, 0.25) is 0 Å². The predicted octanol–water partition coefficient (Wildman–Crippen LogP) is 4.78. The number of amides is 1. The molecular formula is C25H31N3O3. The van der Waals surface area contributed by atoms with E-state index in [-0.39, 0.29) is 5.57 Å². The maximum atomic E-state index is 12.4. The summed E-state index contributed by atoms with van der Waals surface area (Å²) in [6.45, 7) is 14.4. The summed E-state index contributed by atoms with van der Waals surface area (Å²) < 4.78 is 7.26. The van der Waals surface area contributed by atoms with Crippen LogP contribution in [0.3, 0.4) is 0 Å². The highest BCUT2D eigenvalue weighted by atomic mass is 16.5. The Balaban J connectivity index is 2.09. The maximum absolute atomic E-state index is 12.4. The second-order valence-corrected chi connectivity index (χ2v) is 8.40. The summed E-state index contributed by atoms with van der Waals surface area (Å²) in [5.41, 5.74) is 6.39. The lowest BCUT2D eigenvalue weighted by atomic mass is 10.1. The molecule has 0 aliphatic rings. The zero-order valence-electron chi connectivity index (χ0n) is 19.4. The predicted molar refractivity (Wildman–Crippen MR) is 123 cm³/mol. The van der Waals surface area contributed by atoms with Gasteiger partial charge in [-0.25, -0.2) is 4.79 Å². The van der Waals surface area contributed by atoms with Crippen molar-refractivity contribution in [1.29, 1.82) is 5.26 Å². The second-order valence-electron chi connectivity index (χ2n) is 8.40. The van der Waals surface area contributed by atoms with Gasteiger partial charge in [-0.05, 0) is 69.4 Å². The third kappa shape index (κ3) is 6.08. The van der Waals surface area contributed by atoms with Gasteiger partial charge in [0.15, 0.2) is 6.61 Å². The molecule has 0 fully saturated rings. The van der Waals surface area contributed by atoms with Crippen LogP contribution in [-0.4, -0.2) is 23.1 Å². The molecule has 0 saturated carbocycles. The fraction of sp³-hybridized carbons (Fsp3) is 0.400. The topological polar surface area (TPSA) is 84.1 Å². The van der Waals surface area contributed by atoms with Gasteiger partial charge in [0.1, 0.15) is 11.6 Å². The Kier molecular flexibility index (Phi) is 7.82. The highest BCUT2D eigenvalue weighted by Crippen LogP contribution is 2.22. The molecule has 6 nitrogen and oxygen atoms in total. The average Bonchev–Trinajstić information content (AvgIpc) is 2.93. The summed E-state index contributed by atoms with van der Waals surface area (Å²) in [5.74, 6) is -0.791. The van der Waals surface area contributed by atoms with Gasteiger partial charge in [-0.15, -0.1) is 0 Å². The van der Waals surface area contributed by atoms with Crippen LogP contribution in [0.2, 0.25) is 0 Å². The van der Waals surface area contributed by atoms with Crippen LogP contribution in [-0.2, 0) is 20.9 Å². The number of benzene rings is 1. The Hall–Kier alpha value is -3.33. The maximum Gasteiger partial charge on any atom is 0.349 e. The van der Waals surface area contributed by atoms with E-state index in [1.165, 1.54) is 6.08 Å². The zero-order chi connectivity index (χ0) is 23.3. The number of anilines is 1. The first-order valence-electron chi connectivity index (χ1n) is 10.4. The molecule has 0 unspecified atom stereocenters. The monoisotopic (exact) mass is 421 g/mol. The van der Waals surface area contributed by atoms with E-state index < -0.39 is 18.5 Å². The van der Waals surface area contributed by atoms with Crippen molar-refractivity contribution in [3.05, 3.63) is 57.4 Å². The van der Waals surface area contributed by atoms with Crippen LogP contribution in [0, 0.1) is 51.9 Å². The van der Waals surface area contributed by atoms with Crippen molar-refractivity contribution in [2.45, 2.75) is 55.0 Å². The van der Waals surface area contributed by atoms with Gasteiger partial charge in [0.25, 0.3) is 5.91 Å².